The number of aliphatic imine (C=N–C) groups is 1. The molecule has 2 N–H and O–H groups in total. The van der Waals surface area contributed by atoms with E-state index in [1.807, 2.05) is 7.05 Å². The molecule has 27 heavy (non-hydrogen) atoms. The maximum absolute atomic E-state index is 5.50. The number of guanidine groups is 1. The zero-order valence-electron chi connectivity index (χ0n) is 18.2. The average molecular weight is 382 g/mol. The van der Waals surface area contributed by atoms with Crippen LogP contribution in [0.5, 0.6) is 0 Å². The standard InChI is InChI=1S/C21H43N5O/c1-18(2)20(26-13-15-27-16-14-26)17-24-21(22-4)23-9-5-6-10-25-11-7-19(3)8-12-25/h18-20H,5-17H2,1-4H3,(H2,22,23,24). The van der Waals surface area contributed by atoms with Gasteiger partial charge in [0.2, 0.25) is 0 Å². The summed E-state index contributed by atoms with van der Waals surface area (Å²) in [6.45, 7) is 16.5. The smallest absolute Gasteiger partial charge is 0.191 e. The second kappa shape index (κ2) is 12.6. The van der Waals surface area contributed by atoms with Crippen molar-refractivity contribution in [3.63, 3.8) is 0 Å². The zero-order valence-corrected chi connectivity index (χ0v) is 18.2. The molecule has 2 aliphatic rings. The number of morpholine rings is 1. The lowest BCUT2D eigenvalue weighted by atomic mass is 9.99. The number of hydrogen-bond donors (Lipinski definition) is 2. The highest BCUT2D eigenvalue weighted by Gasteiger charge is 2.23. The normalized spacial score (nSPS) is 22.2. The number of nitrogens with one attached hydrogen (secondary N) is 2. The molecule has 0 saturated carbocycles. The predicted octanol–water partition coefficient (Wildman–Crippen LogP) is 2.02. The SMILES string of the molecule is CN=C(NCCCCN1CCC(C)CC1)NCC(C(C)C)N1CCOCC1. The summed E-state index contributed by atoms with van der Waals surface area (Å²) in [6.07, 6.45) is 5.20. The number of rotatable bonds is 9. The van der Waals surface area contributed by atoms with E-state index >= 15 is 0 Å². The van der Waals surface area contributed by atoms with Crippen LogP contribution in [0.4, 0.5) is 0 Å². The van der Waals surface area contributed by atoms with Gasteiger partial charge in [0.15, 0.2) is 5.96 Å². The van der Waals surface area contributed by atoms with Crippen molar-refractivity contribution < 1.29 is 4.74 Å². The molecule has 2 rings (SSSR count). The van der Waals surface area contributed by atoms with Gasteiger partial charge in [-0.2, -0.15) is 0 Å². The van der Waals surface area contributed by atoms with E-state index in [0.29, 0.717) is 12.0 Å². The minimum Gasteiger partial charge on any atom is -0.379 e. The number of ether oxygens (including phenoxy) is 1. The third-order valence-corrected chi connectivity index (χ3v) is 6.06. The van der Waals surface area contributed by atoms with Crippen LogP contribution in [0.3, 0.4) is 0 Å². The molecule has 2 saturated heterocycles. The molecule has 0 aliphatic carbocycles. The molecular weight excluding hydrogens is 338 g/mol. The summed E-state index contributed by atoms with van der Waals surface area (Å²) in [5.41, 5.74) is 0. The molecule has 0 aromatic carbocycles. The lowest BCUT2D eigenvalue weighted by Gasteiger charge is -2.37. The third kappa shape index (κ3) is 8.36. The van der Waals surface area contributed by atoms with Crippen LogP contribution >= 0.6 is 0 Å². The third-order valence-electron chi connectivity index (χ3n) is 6.06. The molecule has 6 nitrogen and oxygen atoms in total. The Morgan fingerprint density at radius 3 is 2.41 bits per heavy atom. The van der Waals surface area contributed by atoms with Gasteiger partial charge in [-0.05, 0) is 57.2 Å². The van der Waals surface area contributed by atoms with Gasteiger partial charge in [0.05, 0.1) is 13.2 Å². The van der Waals surface area contributed by atoms with E-state index in [2.05, 4.69) is 46.2 Å². The van der Waals surface area contributed by atoms with Crippen molar-refractivity contribution in [2.24, 2.45) is 16.8 Å². The largest absolute Gasteiger partial charge is 0.379 e. The molecule has 2 aliphatic heterocycles. The summed E-state index contributed by atoms with van der Waals surface area (Å²) < 4.78 is 5.50. The molecule has 2 heterocycles. The molecule has 1 unspecified atom stereocenters. The first-order valence-electron chi connectivity index (χ1n) is 11.1. The first kappa shape index (κ1) is 22.4. The van der Waals surface area contributed by atoms with Crippen LogP contribution in [-0.2, 0) is 4.74 Å². The Bertz CT molecular complexity index is 415. The fourth-order valence-electron chi connectivity index (χ4n) is 4.07. The summed E-state index contributed by atoms with van der Waals surface area (Å²) in [5.74, 6) is 2.46. The Hall–Kier alpha value is -0.850. The Morgan fingerprint density at radius 1 is 1.07 bits per heavy atom. The topological polar surface area (TPSA) is 52.1 Å². The molecule has 2 fully saturated rings. The Balaban J connectivity index is 1.60. The van der Waals surface area contributed by atoms with Crippen LogP contribution in [0.2, 0.25) is 0 Å². The quantitative estimate of drug-likeness (QED) is 0.364. The zero-order chi connectivity index (χ0) is 19.5. The maximum Gasteiger partial charge on any atom is 0.191 e. The number of piperidine rings is 1. The second-order valence-corrected chi connectivity index (χ2v) is 8.57. The lowest BCUT2D eigenvalue weighted by molar-refractivity contribution is 0.00752. The van der Waals surface area contributed by atoms with Crippen LogP contribution in [0, 0.1) is 11.8 Å². The van der Waals surface area contributed by atoms with Gasteiger partial charge in [0.1, 0.15) is 0 Å². The Morgan fingerprint density at radius 2 is 1.78 bits per heavy atom. The van der Waals surface area contributed by atoms with Crippen LogP contribution in [0.15, 0.2) is 4.99 Å². The van der Waals surface area contributed by atoms with Crippen molar-refractivity contribution in [3.05, 3.63) is 0 Å². The van der Waals surface area contributed by atoms with E-state index in [-0.39, 0.29) is 0 Å². The molecular formula is C21H43N5O. The Kier molecular flexibility index (Phi) is 10.5. The fourth-order valence-corrected chi connectivity index (χ4v) is 4.07. The van der Waals surface area contributed by atoms with Crippen molar-refractivity contribution in [3.8, 4) is 0 Å². The van der Waals surface area contributed by atoms with Gasteiger partial charge < -0.3 is 20.3 Å². The fraction of sp³-hybridized carbons (Fsp3) is 0.952. The monoisotopic (exact) mass is 381 g/mol. The maximum atomic E-state index is 5.50. The van der Waals surface area contributed by atoms with Crippen molar-refractivity contribution in [2.75, 3.05) is 66.1 Å². The van der Waals surface area contributed by atoms with Crippen molar-refractivity contribution in [1.29, 1.82) is 0 Å². The van der Waals surface area contributed by atoms with Gasteiger partial charge >= 0.3 is 0 Å². The van der Waals surface area contributed by atoms with Gasteiger partial charge in [-0.25, -0.2) is 0 Å². The minimum absolute atomic E-state index is 0.522. The van der Waals surface area contributed by atoms with E-state index < -0.39 is 0 Å². The van der Waals surface area contributed by atoms with Crippen molar-refractivity contribution in [2.45, 2.75) is 52.5 Å². The van der Waals surface area contributed by atoms with E-state index in [1.165, 1.54) is 45.3 Å². The summed E-state index contributed by atoms with van der Waals surface area (Å²) >= 11 is 0. The average Bonchev–Trinajstić information content (AvgIpc) is 2.68. The molecule has 158 valence electrons. The van der Waals surface area contributed by atoms with Gasteiger partial charge in [-0.1, -0.05) is 20.8 Å². The summed E-state index contributed by atoms with van der Waals surface area (Å²) in [4.78, 5) is 9.58. The molecule has 0 aromatic heterocycles. The number of likely N-dealkylation sites (tertiary alicyclic amines) is 1. The van der Waals surface area contributed by atoms with Gasteiger partial charge in [-0.15, -0.1) is 0 Å². The molecule has 6 heteroatoms. The molecule has 0 radical (unpaired) electrons. The van der Waals surface area contributed by atoms with Crippen LogP contribution in [-0.4, -0.2) is 87.9 Å². The summed E-state index contributed by atoms with van der Waals surface area (Å²) in [5, 5.41) is 7.03. The van der Waals surface area contributed by atoms with E-state index in [1.54, 1.807) is 0 Å². The van der Waals surface area contributed by atoms with Crippen LogP contribution in [0.1, 0.15) is 46.5 Å². The number of nitrogens with zero attached hydrogens (tertiary/aromatic N) is 3. The molecule has 0 spiro atoms. The van der Waals surface area contributed by atoms with E-state index in [0.717, 1.165) is 51.3 Å². The highest BCUT2D eigenvalue weighted by Crippen LogP contribution is 2.16. The second-order valence-electron chi connectivity index (χ2n) is 8.57. The van der Waals surface area contributed by atoms with E-state index in [4.69, 9.17) is 4.74 Å². The van der Waals surface area contributed by atoms with Gasteiger partial charge in [0, 0.05) is 39.3 Å². The van der Waals surface area contributed by atoms with Crippen LogP contribution < -0.4 is 10.6 Å². The number of hydrogen-bond acceptors (Lipinski definition) is 4. The lowest BCUT2D eigenvalue weighted by Crippen LogP contribution is -2.52. The van der Waals surface area contributed by atoms with Crippen LogP contribution in [0.25, 0.3) is 0 Å². The molecule has 0 aromatic rings. The first-order valence-corrected chi connectivity index (χ1v) is 11.1. The van der Waals surface area contributed by atoms with Crippen molar-refractivity contribution >= 4 is 5.96 Å². The molecule has 0 bridgehead atoms. The molecule has 1 atom stereocenters. The van der Waals surface area contributed by atoms with E-state index in [9.17, 15) is 0 Å². The summed E-state index contributed by atoms with van der Waals surface area (Å²) in [6, 6.07) is 0.522. The van der Waals surface area contributed by atoms with Crippen molar-refractivity contribution in [1.82, 2.24) is 20.4 Å². The first-order chi connectivity index (χ1) is 13.1. The molecule has 0 amide bonds. The highest BCUT2D eigenvalue weighted by atomic mass is 16.5. The highest BCUT2D eigenvalue weighted by molar-refractivity contribution is 5.79. The number of unbranched alkanes of at least 4 members (excludes halogenated alkanes) is 1. The predicted molar refractivity (Wildman–Crippen MR) is 114 cm³/mol. The van der Waals surface area contributed by atoms with Gasteiger partial charge in [-0.3, -0.25) is 9.89 Å². The Labute approximate surface area is 167 Å². The van der Waals surface area contributed by atoms with Gasteiger partial charge in [0.25, 0.3) is 0 Å². The summed E-state index contributed by atoms with van der Waals surface area (Å²) in [7, 11) is 1.86. The minimum atomic E-state index is 0.522.